The molecule has 0 saturated carbocycles. The summed E-state index contributed by atoms with van der Waals surface area (Å²) in [6, 6.07) is 54.0. The third-order valence-corrected chi connectivity index (χ3v) is 10.7. The number of fused-ring (bicyclic) bond motifs is 17. The van der Waals surface area contributed by atoms with Crippen LogP contribution in [0.5, 0.6) is 0 Å². The van der Waals surface area contributed by atoms with Gasteiger partial charge in [-0.25, -0.2) is 4.79 Å². The molecular formula is C44H25NO2. The van der Waals surface area contributed by atoms with Gasteiger partial charge in [-0.1, -0.05) is 121 Å². The molecule has 0 amide bonds. The minimum atomic E-state index is -0.446. The molecule has 0 bridgehead atoms. The Labute approximate surface area is 269 Å². The number of rotatable bonds is 1. The molecule has 1 spiro atoms. The lowest BCUT2D eigenvalue weighted by atomic mass is 9.70. The second-order valence-corrected chi connectivity index (χ2v) is 12.7. The fourth-order valence-electron chi connectivity index (χ4n) is 8.88. The summed E-state index contributed by atoms with van der Waals surface area (Å²) in [5.41, 5.74) is 13.2. The van der Waals surface area contributed by atoms with E-state index in [1.807, 2.05) is 24.3 Å². The standard InChI is InChI=1S/C44H25NO2/c46-43-35-16-2-1-11-27(35)34-24-23-33-32-15-6-10-20-40(32)45(41(33)42(34)47-43)26-21-22-31-30-14-5-9-19-38(30)44(39(31)25-26)36-17-7-3-12-28(36)29-13-4-8-18-37(29)44/h1-25H. The number of para-hydroxylation sites is 1. The molecule has 2 aromatic heterocycles. The first-order valence-corrected chi connectivity index (χ1v) is 16.1. The molecule has 2 heterocycles. The summed E-state index contributed by atoms with van der Waals surface area (Å²) in [5.74, 6) is 0. The molecule has 218 valence electrons. The fraction of sp³-hybridized carbons (Fsp3) is 0.0227. The zero-order valence-electron chi connectivity index (χ0n) is 25.2. The maximum absolute atomic E-state index is 13.4. The van der Waals surface area contributed by atoms with E-state index < -0.39 is 5.41 Å². The van der Waals surface area contributed by atoms with Crippen molar-refractivity contribution < 1.29 is 4.42 Å². The molecule has 0 fully saturated rings. The van der Waals surface area contributed by atoms with Gasteiger partial charge in [0, 0.05) is 21.8 Å². The van der Waals surface area contributed by atoms with Crippen LogP contribution in [0.1, 0.15) is 22.3 Å². The summed E-state index contributed by atoms with van der Waals surface area (Å²) >= 11 is 0. The first-order chi connectivity index (χ1) is 23.2. The van der Waals surface area contributed by atoms with Crippen molar-refractivity contribution in [3.63, 3.8) is 0 Å². The topological polar surface area (TPSA) is 35.1 Å². The number of nitrogens with zero attached hydrogens (tertiary/aromatic N) is 1. The van der Waals surface area contributed by atoms with Gasteiger partial charge in [-0.2, -0.15) is 0 Å². The summed E-state index contributed by atoms with van der Waals surface area (Å²) in [4.78, 5) is 13.4. The van der Waals surface area contributed by atoms with Crippen LogP contribution in [0, 0.1) is 0 Å². The highest BCUT2D eigenvalue weighted by atomic mass is 16.4. The van der Waals surface area contributed by atoms with Crippen LogP contribution in [0.25, 0.3) is 71.5 Å². The summed E-state index contributed by atoms with van der Waals surface area (Å²) in [6.45, 7) is 0. The molecule has 2 aliphatic rings. The van der Waals surface area contributed by atoms with Gasteiger partial charge in [0.25, 0.3) is 0 Å². The molecule has 0 saturated heterocycles. The smallest absolute Gasteiger partial charge is 0.344 e. The Kier molecular flexibility index (Phi) is 4.66. The Bertz CT molecular complexity index is 2820. The van der Waals surface area contributed by atoms with Gasteiger partial charge in [0.1, 0.15) is 0 Å². The van der Waals surface area contributed by atoms with Crippen LogP contribution < -0.4 is 5.63 Å². The SMILES string of the molecule is O=c1oc2c(ccc3c4ccccc4n(-c4ccc5c(c4)C4(c6ccccc6-c6ccccc64)c4ccccc4-5)c32)c2ccccc12. The number of hydrogen-bond acceptors (Lipinski definition) is 2. The van der Waals surface area contributed by atoms with Crippen LogP contribution in [-0.2, 0) is 5.41 Å². The molecule has 2 aliphatic carbocycles. The van der Waals surface area contributed by atoms with Crippen molar-refractivity contribution in [3.8, 4) is 27.9 Å². The normalized spacial score (nSPS) is 13.8. The van der Waals surface area contributed by atoms with Gasteiger partial charge >= 0.3 is 5.63 Å². The highest BCUT2D eigenvalue weighted by Gasteiger charge is 2.51. The van der Waals surface area contributed by atoms with Gasteiger partial charge in [0.05, 0.1) is 21.8 Å². The molecule has 0 atom stereocenters. The lowest BCUT2D eigenvalue weighted by molar-refractivity contribution is 0.572. The van der Waals surface area contributed by atoms with Crippen molar-refractivity contribution in [3.05, 3.63) is 184 Å². The summed E-state index contributed by atoms with van der Waals surface area (Å²) in [6.07, 6.45) is 0. The number of benzene rings is 7. The highest BCUT2D eigenvalue weighted by molar-refractivity contribution is 6.20. The second-order valence-electron chi connectivity index (χ2n) is 12.7. The van der Waals surface area contributed by atoms with Gasteiger partial charge in [-0.05, 0) is 80.2 Å². The highest BCUT2D eigenvalue weighted by Crippen LogP contribution is 2.63. The lowest BCUT2D eigenvalue weighted by Gasteiger charge is -2.30. The Hall–Kier alpha value is -6.19. The van der Waals surface area contributed by atoms with Crippen LogP contribution in [0.3, 0.4) is 0 Å². The third kappa shape index (κ3) is 2.95. The van der Waals surface area contributed by atoms with Crippen LogP contribution >= 0.6 is 0 Å². The first-order valence-electron chi connectivity index (χ1n) is 16.1. The molecule has 9 aromatic rings. The van der Waals surface area contributed by atoms with E-state index in [4.69, 9.17) is 4.42 Å². The zero-order chi connectivity index (χ0) is 30.9. The molecule has 0 radical (unpaired) electrons. The van der Waals surface area contributed by atoms with E-state index >= 15 is 0 Å². The second kappa shape index (κ2) is 8.74. The Morgan fingerprint density at radius 2 is 0.979 bits per heavy atom. The van der Waals surface area contributed by atoms with E-state index in [2.05, 4.69) is 132 Å². The molecule has 11 rings (SSSR count). The number of aromatic nitrogens is 1. The van der Waals surface area contributed by atoms with Crippen LogP contribution in [0.15, 0.2) is 161 Å². The van der Waals surface area contributed by atoms with Crippen molar-refractivity contribution >= 4 is 43.5 Å². The Balaban J connectivity index is 1.30. The Morgan fingerprint density at radius 3 is 1.66 bits per heavy atom. The molecule has 7 aromatic carbocycles. The largest absolute Gasteiger partial charge is 0.420 e. The average molecular weight is 600 g/mol. The Morgan fingerprint density at radius 1 is 0.447 bits per heavy atom. The zero-order valence-corrected chi connectivity index (χ0v) is 25.2. The monoisotopic (exact) mass is 599 g/mol. The van der Waals surface area contributed by atoms with Crippen molar-refractivity contribution in [2.75, 3.05) is 0 Å². The van der Waals surface area contributed by atoms with Gasteiger partial charge in [-0.3, -0.25) is 0 Å². The summed E-state index contributed by atoms with van der Waals surface area (Å²) in [5, 5.41) is 4.61. The van der Waals surface area contributed by atoms with Gasteiger partial charge in [-0.15, -0.1) is 0 Å². The predicted octanol–water partition coefficient (Wildman–Crippen LogP) is 10.4. The van der Waals surface area contributed by atoms with Crippen LogP contribution in [-0.4, -0.2) is 4.57 Å². The van der Waals surface area contributed by atoms with Gasteiger partial charge in [0.2, 0.25) is 0 Å². The van der Waals surface area contributed by atoms with Crippen molar-refractivity contribution in [1.29, 1.82) is 0 Å². The van der Waals surface area contributed by atoms with Crippen LogP contribution in [0.4, 0.5) is 0 Å². The van der Waals surface area contributed by atoms with Crippen molar-refractivity contribution in [1.82, 2.24) is 4.57 Å². The molecule has 3 nitrogen and oxygen atoms in total. The lowest BCUT2D eigenvalue weighted by Crippen LogP contribution is -2.26. The first kappa shape index (κ1) is 25.1. The van der Waals surface area contributed by atoms with Gasteiger partial charge in [0.15, 0.2) is 5.58 Å². The molecular weight excluding hydrogens is 574 g/mol. The van der Waals surface area contributed by atoms with E-state index in [0.29, 0.717) is 11.0 Å². The minimum Gasteiger partial charge on any atom is -0.420 e. The van der Waals surface area contributed by atoms with Crippen molar-refractivity contribution in [2.45, 2.75) is 5.41 Å². The fourth-order valence-corrected chi connectivity index (χ4v) is 8.88. The average Bonchev–Trinajstić information content (AvgIpc) is 3.74. The van der Waals surface area contributed by atoms with E-state index in [-0.39, 0.29) is 5.63 Å². The van der Waals surface area contributed by atoms with E-state index in [1.54, 1.807) is 0 Å². The maximum atomic E-state index is 13.4. The molecule has 0 N–H and O–H groups in total. The van der Waals surface area contributed by atoms with E-state index in [0.717, 1.165) is 38.3 Å². The van der Waals surface area contributed by atoms with Gasteiger partial charge < -0.3 is 8.98 Å². The van der Waals surface area contributed by atoms with E-state index in [1.165, 1.54) is 44.5 Å². The number of hydrogen-bond donors (Lipinski definition) is 0. The summed E-state index contributed by atoms with van der Waals surface area (Å²) < 4.78 is 8.53. The van der Waals surface area contributed by atoms with E-state index in [9.17, 15) is 4.79 Å². The molecule has 0 unspecified atom stereocenters. The molecule has 47 heavy (non-hydrogen) atoms. The maximum Gasteiger partial charge on any atom is 0.344 e. The van der Waals surface area contributed by atoms with Crippen molar-refractivity contribution in [2.24, 2.45) is 0 Å². The predicted molar refractivity (Wildman–Crippen MR) is 191 cm³/mol. The molecule has 3 heteroatoms. The summed E-state index contributed by atoms with van der Waals surface area (Å²) in [7, 11) is 0. The molecule has 0 aliphatic heterocycles. The minimum absolute atomic E-state index is 0.320. The van der Waals surface area contributed by atoms with Crippen LogP contribution in [0.2, 0.25) is 0 Å². The third-order valence-electron chi connectivity index (χ3n) is 10.7. The quantitative estimate of drug-likeness (QED) is 0.139.